The summed E-state index contributed by atoms with van der Waals surface area (Å²) in [5.74, 6) is 1.02. The number of nitrogens with one attached hydrogen (secondary N) is 1. The number of rotatable bonds is 1. The Balaban J connectivity index is 1.66. The first-order chi connectivity index (χ1) is 14.9. The molecule has 1 aliphatic heterocycles. The summed E-state index contributed by atoms with van der Waals surface area (Å²) in [6.45, 7) is 4.58. The third kappa shape index (κ3) is 3.78. The molecule has 4 bridgehead atoms. The fourth-order valence-electron chi connectivity index (χ4n) is 4.85. The Kier molecular flexibility index (Phi) is 4.93. The summed E-state index contributed by atoms with van der Waals surface area (Å²) in [6.07, 6.45) is 3.20. The first-order valence-electron chi connectivity index (χ1n) is 10.6. The van der Waals surface area contributed by atoms with Crippen LogP contribution in [0.15, 0.2) is 53.4 Å². The van der Waals surface area contributed by atoms with Crippen LogP contribution >= 0.6 is 0 Å². The van der Waals surface area contributed by atoms with E-state index in [9.17, 15) is 8.42 Å². The molecule has 6 nitrogen and oxygen atoms in total. The Bertz CT molecular complexity index is 1240. The van der Waals surface area contributed by atoms with Crippen molar-refractivity contribution >= 4 is 16.0 Å². The van der Waals surface area contributed by atoms with Crippen LogP contribution in [0.3, 0.4) is 0 Å². The minimum absolute atomic E-state index is 0.0177. The fourth-order valence-corrected chi connectivity index (χ4v) is 5.85. The average Bonchev–Trinajstić information content (AvgIpc) is 3.20. The molecule has 1 aliphatic carbocycles. The van der Waals surface area contributed by atoms with Gasteiger partial charge in [0, 0.05) is 11.6 Å². The zero-order valence-corrected chi connectivity index (χ0v) is 18.4. The zero-order valence-electron chi connectivity index (χ0n) is 17.6. The maximum atomic E-state index is 13.1. The van der Waals surface area contributed by atoms with Crippen molar-refractivity contribution in [2.24, 2.45) is 5.92 Å². The van der Waals surface area contributed by atoms with Crippen LogP contribution in [0.4, 0.5) is 5.95 Å². The molecule has 1 aromatic heterocycles. The molecule has 1 N–H and O–H groups in total. The number of fused-ring (bicyclic) bond motifs is 6. The van der Waals surface area contributed by atoms with Crippen molar-refractivity contribution in [1.29, 1.82) is 0 Å². The lowest BCUT2D eigenvalue weighted by atomic mass is 9.89. The van der Waals surface area contributed by atoms with Gasteiger partial charge in [-0.1, -0.05) is 36.8 Å². The number of ether oxygens (including phenoxy) is 1. The summed E-state index contributed by atoms with van der Waals surface area (Å²) in [5.41, 5.74) is 4.77. The van der Waals surface area contributed by atoms with Gasteiger partial charge in [0.1, 0.15) is 0 Å². The largest absolute Gasteiger partial charge is 0.477 e. The molecule has 5 rings (SSSR count). The van der Waals surface area contributed by atoms with Crippen LogP contribution < -0.4 is 9.46 Å². The molecule has 2 aliphatic rings. The Morgan fingerprint density at radius 1 is 1.00 bits per heavy atom. The van der Waals surface area contributed by atoms with E-state index >= 15 is 0 Å². The lowest BCUT2D eigenvalue weighted by Gasteiger charge is -2.22. The van der Waals surface area contributed by atoms with E-state index in [4.69, 9.17) is 4.74 Å². The number of aromatic nitrogens is 2. The Morgan fingerprint density at radius 2 is 1.77 bits per heavy atom. The molecule has 0 saturated heterocycles. The fraction of sp³-hybridized carbons (Fsp3) is 0.333. The zero-order chi connectivity index (χ0) is 21.6. The quantitative estimate of drug-likeness (QED) is 0.592. The van der Waals surface area contributed by atoms with E-state index in [0.717, 1.165) is 41.5 Å². The molecule has 1 fully saturated rings. The summed E-state index contributed by atoms with van der Waals surface area (Å²) in [7, 11) is -3.83. The minimum Gasteiger partial charge on any atom is -0.477 e. The van der Waals surface area contributed by atoms with Crippen molar-refractivity contribution in [3.05, 3.63) is 65.2 Å². The van der Waals surface area contributed by atoms with Crippen molar-refractivity contribution in [3.63, 3.8) is 0 Å². The standard InChI is InChI=1S/C24H25N3O3S/c1-15-6-3-7-16(2)23(15)21-13-22-26-24(25-21)27-31(28,29)19-10-4-8-17(12-19)20-11-5-9-18(20)14-30-22/h3-4,6-8,10,12-13,18,20H,5,9,11,14H2,1-2H3,(H,25,26,27)/t18-,20?/m1/s1. The highest BCUT2D eigenvalue weighted by atomic mass is 32.2. The smallest absolute Gasteiger partial charge is 0.264 e. The first-order valence-corrected chi connectivity index (χ1v) is 12.1. The number of nitrogens with zero attached hydrogens (tertiary/aromatic N) is 2. The van der Waals surface area contributed by atoms with Crippen molar-refractivity contribution < 1.29 is 13.2 Å². The van der Waals surface area contributed by atoms with Crippen molar-refractivity contribution in [2.45, 2.75) is 43.9 Å². The highest BCUT2D eigenvalue weighted by molar-refractivity contribution is 7.92. The summed E-state index contributed by atoms with van der Waals surface area (Å²) in [5, 5.41) is 0. The molecule has 2 aromatic carbocycles. The maximum Gasteiger partial charge on any atom is 0.264 e. The topological polar surface area (TPSA) is 81.2 Å². The van der Waals surface area contributed by atoms with Crippen molar-refractivity contribution in [2.75, 3.05) is 11.3 Å². The third-order valence-electron chi connectivity index (χ3n) is 6.37. The molecule has 1 saturated carbocycles. The predicted molar refractivity (Wildman–Crippen MR) is 120 cm³/mol. The van der Waals surface area contributed by atoms with Gasteiger partial charge in [0.25, 0.3) is 10.0 Å². The number of sulfonamides is 1. The molecule has 1 unspecified atom stereocenters. The molecule has 0 spiro atoms. The van der Waals surface area contributed by atoms with Gasteiger partial charge >= 0.3 is 0 Å². The van der Waals surface area contributed by atoms with Gasteiger partial charge in [0.05, 0.1) is 17.2 Å². The summed E-state index contributed by atoms with van der Waals surface area (Å²) in [6, 6.07) is 15.1. The van der Waals surface area contributed by atoms with Gasteiger partial charge in [-0.05, 0) is 67.3 Å². The first kappa shape index (κ1) is 20.0. The monoisotopic (exact) mass is 435 g/mol. The van der Waals surface area contributed by atoms with E-state index in [2.05, 4.69) is 14.7 Å². The summed E-state index contributed by atoms with van der Waals surface area (Å²) in [4.78, 5) is 9.16. The van der Waals surface area contributed by atoms with E-state index in [1.54, 1.807) is 12.1 Å². The molecule has 160 valence electrons. The lowest BCUT2D eigenvalue weighted by Crippen LogP contribution is -2.20. The molecule has 2 atom stereocenters. The van der Waals surface area contributed by atoms with Crippen LogP contribution in [0.25, 0.3) is 11.3 Å². The van der Waals surface area contributed by atoms with Gasteiger partial charge in [-0.2, -0.15) is 4.98 Å². The van der Waals surface area contributed by atoms with Gasteiger partial charge in [0.2, 0.25) is 11.8 Å². The van der Waals surface area contributed by atoms with Gasteiger partial charge in [-0.3, -0.25) is 0 Å². The predicted octanol–water partition coefficient (Wildman–Crippen LogP) is 4.84. The van der Waals surface area contributed by atoms with Gasteiger partial charge in [0.15, 0.2) is 0 Å². The van der Waals surface area contributed by atoms with Crippen molar-refractivity contribution in [3.8, 4) is 17.1 Å². The molecule has 7 heteroatoms. The molecule has 31 heavy (non-hydrogen) atoms. The molecule has 3 aromatic rings. The second kappa shape index (κ2) is 7.64. The third-order valence-corrected chi connectivity index (χ3v) is 7.69. The average molecular weight is 436 g/mol. The van der Waals surface area contributed by atoms with E-state index in [-0.39, 0.29) is 16.8 Å². The maximum absolute atomic E-state index is 13.1. The molecule has 0 radical (unpaired) electrons. The number of hydrogen-bond donors (Lipinski definition) is 1. The Hall–Kier alpha value is -2.93. The Morgan fingerprint density at radius 3 is 2.58 bits per heavy atom. The van der Waals surface area contributed by atoms with Gasteiger partial charge in [-0.25, -0.2) is 18.1 Å². The highest BCUT2D eigenvalue weighted by Gasteiger charge is 2.31. The Labute approximate surface area is 182 Å². The van der Waals surface area contributed by atoms with Crippen LogP contribution in [0, 0.1) is 19.8 Å². The minimum atomic E-state index is -3.83. The number of aryl methyl sites for hydroxylation is 2. The number of hydrogen-bond acceptors (Lipinski definition) is 5. The van der Waals surface area contributed by atoms with Crippen LogP contribution in [0.5, 0.6) is 5.88 Å². The second-order valence-electron chi connectivity index (χ2n) is 8.47. The molecule has 0 amide bonds. The van der Waals surface area contributed by atoms with Crippen molar-refractivity contribution in [1.82, 2.24) is 9.97 Å². The van der Waals surface area contributed by atoms with Crippen LogP contribution in [0.2, 0.25) is 0 Å². The number of benzene rings is 2. The van der Waals surface area contributed by atoms with E-state index in [0.29, 0.717) is 24.1 Å². The highest BCUT2D eigenvalue weighted by Crippen LogP contribution is 2.41. The van der Waals surface area contributed by atoms with E-state index < -0.39 is 10.0 Å². The summed E-state index contributed by atoms with van der Waals surface area (Å²) < 4.78 is 35.0. The lowest BCUT2D eigenvalue weighted by molar-refractivity contribution is 0.231. The van der Waals surface area contributed by atoms with Crippen LogP contribution in [-0.2, 0) is 10.0 Å². The summed E-state index contributed by atoms with van der Waals surface area (Å²) >= 11 is 0. The molecule has 2 heterocycles. The van der Waals surface area contributed by atoms with Crippen LogP contribution in [-0.4, -0.2) is 25.0 Å². The van der Waals surface area contributed by atoms with Gasteiger partial charge < -0.3 is 4.74 Å². The van der Waals surface area contributed by atoms with E-state index in [1.807, 2.05) is 50.2 Å². The van der Waals surface area contributed by atoms with Gasteiger partial charge in [-0.15, -0.1) is 0 Å². The van der Waals surface area contributed by atoms with Crippen LogP contribution in [0.1, 0.15) is 41.9 Å². The van der Waals surface area contributed by atoms with E-state index in [1.165, 1.54) is 0 Å². The normalized spacial score (nSPS) is 21.7. The second-order valence-corrected chi connectivity index (χ2v) is 10.2. The SMILES string of the molecule is Cc1cccc(C)c1-c1cc2nc(n1)NS(=O)(=O)c1cccc(c1)C1CCC[C@@H]1CO2. The molecular formula is C24H25N3O3S. The number of anilines is 1. The molecular weight excluding hydrogens is 410 g/mol.